The first-order chi connectivity index (χ1) is 9.21. The summed E-state index contributed by atoms with van der Waals surface area (Å²) < 4.78 is 23.5. The fourth-order valence-corrected chi connectivity index (χ4v) is 2.07. The Bertz CT molecular complexity index is 515. The first-order valence-electron chi connectivity index (χ1n) is 6.25. The van der Waals surface area contributed by atoms with Gasteiger partial charge in [-0.2, -0.15) is 5.10 Å². The van der Waals surface area contributed by atoms with Gasteiger partial charge in [0.15, 0.2) is 0 Å². The van der Waals surface area contributed by atoms with E-state index in [1.165, 1.54) is 18.4 Å². The van der Waals surface area contributed by atoms with E-state index in [1.54, 1.807) is 0 Å². The second-order valence-corrected chi connectivity index (χ2v) is 6.75. The highest BCUT2D eigenvalue weighted by Crippen LogP contribution is 2.06. The molecule has 0 saturated carbocycles. The molecule has 0 atom stereocenters. The van der Waals surface area contributed by atoms with E-state index in [2.05, 4.69) is 10.4 Å². The van der Waals surface area contributed by atoms with Gasteiger partial charge in [-0.05, 0) is 6.42 Å². The second-order valence-electron chi connectivity index (χ2n) is 4.66. The summed E-state index contributed by atoms with van der Waals surface area (Å²) in [4.78, 5) is 23.0. The van der Waals surface area contributed by atoms with Crippen molar-refractivity contribution in [2.75, 3.05) is 33.4 Å². The highest BCUT2D eigenvalue weighted by atomic mass is 32.2. The monoisotopic (exact) mass is 304 g/mol. The van der Waals surface area contributed by atoms with E-state index < -0.39 is 10.0 Å². The van der Waals surface area contributed by atoms with Gasteiger partial charge in [0.1, 0.15) is 5.71 Å². The zero-order chi connectivity index (χ0) is 15.3. The van der Waals surface area contributed by atoms with Crippen molar-refractivity contribution < 1.29 is 18.0 Å². The highest BCUT2D eigenvalue weighted by Gasteiger charge is 2.21. The predicted molar refractivity (Wildman–Crippen MR) is 74.5 cm³/mol. The molecule has 0 aliphatic carbocycles. The number of amides is 2. The lowest BCUT2D eigenvalue weighted by Crippen LogP contribution is -2.38. The Hall–Kier alpha value is -1.48. The molecule has 114 valence electrons. The Balaban J connectivity index is 2.34. The van der Waals surface area contributed by atoms with Crippen molar-refractivity contribution >= 4 is 27.5 Å². The molecule has 8 nitrogen and oxygen atoms in total. The summed E-state index contributed by atoms with van der Waals surface area (Å²) in [5.74, 6) is -0.428. The van der Waals surface area contributed by atoms with Crippen molar-refractivity contribution in [3.8, 4) is 0 Å². The van der Waals surface area contributed by atoms with Gasteiger partial charge in [-0.15, -0.1) is 0 Å². The maximum Gasteiger partial charge on any atom is 0.267 e. The smallest absolute Gasteiger partial charge is 0.267 e. The Kier molecular flexibility index (Phi) is 5.63. The molecule has 0 spiro atoms. The maximum absolute atomic E-state index is 11.8. The number of carbonyl (C=O) groups excluding carboxylic acids is 2. The summed E-state index contributed by atoms with van der Waals surface area (Å²) in [5, 5.41) is 7.73. The SMILES string of the molecule is CN1N=C(C(=O)NCCCN(C)S(C)(=O)=O)CCC1=O. The van der Waals surface area contributed by atoms with E-state index in [0.717, 1.165) is 11.3 Å². The van der Waals surface area contributed by atoms with Crippen LogP contribution in [0.4, 0.5) is 0 Å². The minimum Gasteiger partial charge on any atom is -0.351 e. The third kappa shape index (κ3) is 4.89. The van der Waals surface area contributed by atoms with E-state index in [9.17, 15) is 18.0 Å². The van der Waals surface area contributed by atoms with E-state index >= 15 is 0 Å². The van der Waals surface area contributed by atoms with Gasteiger partial charge in [-0.25, -0.2) is 17.7 Å². The van der Waals surface area contributed by atoms with Crippen LogP contribution in [0.25, 0.3) is 0 Å². The van der Waals surface area contributed by atoms with E-state index in [0.29, 0.717) is 31.6 Å². The van der Waals surface area contributed by atoms with Gasteiger partial charge in [0.05, 0.1) is 6.26 Å². The van der Waals surface area contributed by atoms with E-state index in [-0.39, 0.29) is 18.2 Å². The summed E-state index contributed by atoms with van der Waals surface area (Å²) >= 11 is 0. The van der Waals surface area contributed by atoms with Crippen molar-refractivity contribution in [2.24, 2.45) is 5.10 Å². The molecule has 0 fully saturated rings. The first-order valence-corrected chi connectivity index (χ1v) is 8.10. The molecule has 1 heterocycles. The van der Waals surface area contributed by atoms with Crippen molar-refractivity contribution in [1.82, 2.24) is 14.6 Å². The van der Waals surface area contributed by atoms with Crippen LogP contribution in [-0.4, -0.2) is 68.7 Å². The summed E-state index contributed by atoms with van der Waals surface area (Å²) in [6.07, 6.45) is 2.25. The lowest BCUT2D eigenvalue weighted by Gasteiger charge is -2.19. The largest absolute Gasteiger partial charge is 0.351 e. The average Bonchev–Trinajstić information content (AvgIpc) is 2.36. The van der Waals surface area contributed by atoms with E-state index in [4.69, 9.17) is 0 Å². The number of hydrogen-bond acceptors (Lipinski definition) is 5. The third-order valence-corrected chi connectivity index (χ3v) is 4.29. The minimum atomic E-state index is -3.18. The molecule has 0 radical (unpaired) electrons. The number of rotatable bonds is 6. The Morgan fingerprint density at radius 3 is 2.65 bits per heavy atom. The number of nitrogens with one attached hydrogen (secondary N) is 1. The first kappa shape index (κ1) is 16.6. The van der Waals surface area contributed by atoms with Gasteiger partial charge < -0.3 is 5.32 Å². The summed E-state index contributed by atoms with van der Waals surface area (Å²) in [6, 6.07) is 0. The van der Waals surface area contributed by atoms with Crippen LogP contribution in [0.5, 0.6) is 0 Å². The van der Waals surface area contributed by atoms with Crippen molar-refractivity contribution in [1.29, 1.82) is 0 Å². The molecular weight excluding hydrogens is 284 g/mol. The molecule has 0 aromatic heterocycles. The topological polar surface area (TPSA) is 99.2 Å². The van der Waals surface area contributed by atoms with Crippen LogP contribution in [0, 0.1) is 0 Å². The number of hydrazone groups is 1. The Labute approximate surface area is 118 Å². The van der Waals surface area contributed by atoms with Crippen molar-refractivity contribution in [2.45, 2.75) is 19.3 Å². The van der Waals surface area contributed by atoms with Crippen LogP contribution in [0.3, 0.4) is 0 Å². The van der Waals surface area contributed by atoms with Gasteiger partial charge in [0, 0.05) is 40.0 Å². The minimum absolute atomic E-state index is 0.115. The van der Waals surface area contributed by atoms with Crippen LogP contribution in [0.2, 0.25) is 0 Å². The van der Waals surface area contributed by atoms with Crippen molar-refractivity contribution in [3.63, 3.8) is 0 Å². The number of carbonyl (C=O) groups is 2. The predicted octanol–water partition coefficient (Wildman–Crippen LogP) is -1.01. The van der Waals surface area contributed by atoms with Crippen LogP contribution < -0.4 is 5.32 Å². The molecule has 9 heteroatoms. The molecule has 1 aliphatic rings. The second kappa shape index (κ2) is 6.80. The van der Waals surface area contributed by atoms with Gasteiger partial charge in [0.25, 0.3) is 5.91 Å². The molecule has 0 aromatic rings. The fraction of sp³-hybridized carbons (Fsp3) is 0.727. The quantitative estimate of drug-likeness (QED) is 0.636. The summed E-state index contributed by atoms with van der Waals surface area (Å²) in [7, 11) is -0.186. The molecular formula is C11H20N4O4S. The lowest BCUT2D eigenvalue weighted by molar-refractivity contribution is -0.130. The van der Waals surface area contributed by atoms with Gasteiger partial charge in [0.2, 0.25) is 15.9 Å². The third-order valence-electron chi connectivity index (χ3n) is 2.97. The number of hydrogen-bond donors (Lipinski definition) is 1. The Morgan fingerprint density at radius 2 is 2.10 bits per heavy atom. The van der Waals surface area contributed by atoms with Gasteiger partial charge >= 0.3 is 0 Å². The molecule has 1 rings (SSSR count). The maximum atomic E-state index is 11.8. The van der Waals surface area contributed by atoms with Gasteiger partial charge in [-0.3, -0.25) is 9.59 Å². The zero-order valence-corrected chi connectivity index (χ0v) is 12.7. The number of sulfonamides is 1. The number of nitrogens with zero attached hydrogens (tertiary/aromatic N) is 3. The van der Waals surface area contributed by atoms with E-state index in [1.807, 2.05) is 0 Å². The summed E-state index contributed by atoms with van der Waals surface area (Å²) in [5.41, 5.74) is 0.323. The molecule has 0 saturated heterocycles. The van der Waals surface area contributed by atoms with Crippen LogP contribution >= 0.6 is 0 Å². The molecule has 2 amide bonds. The molecule has 0 unspecified atom stereocenters. The molecule has 0 aromatic carbocycles. The fourth-order valence-electron chi connectivity index (χ4n) is 1.60. The van der Waals surface area contributed by atoms with Gasteiger partial charge in [-0.1, -0.05) is 0 Å². The zero-order valence-electron chi connectivity index (χ0n) is 11.9. The summed E-state index contributed by atoms with van der Waals surface area (Å²) in [6.45, 7) is 0.694. The van der Waals surface area contributed by atoms with Crippen LogP contribution in [-0.2, 0) is 19.6 Å². The molecule has 1 N–H and O–H groups in total. The highest BCUT2D eigenvalue weighted by molar-refractivity contribution is 7.88. The lowest BCUT2D eigenvalue weighted by atomic mass is 10.1. The standard InChI is InChI=1S/C11H20N4O4S/c1-14(20(3,18)19)8-4-7-12-11(17)9-5-6-10(16)15(2)13-9/h4-8H2,1-3H3,(H,12,17). The molecule has 0 bridgehead atoms. The van der Waals surface area contributed by atoms with Crippen molar-refractivity contribution in [3.05, 3.63) is 0 Å². The molecule has 20 heavy (non-hydrogen) atoms. The average molecular weight is 304 g/mol. The normalized spacial score (nSPS) is 16.3. The Morgan fingerprint density at radius 1 is 1.45 bits per heavy atom. The van der Waals surface area contributed by atoms with Crippen LogP contribution in [0.15, 0.2) is 5.10 Å². The molecule has 1 aliphatic heterocycles. The van der Waals surface area contributed by atoms with Crippen LogP contribution in [0.1, 0.15) is 19.3 Å².